The van der Waals surface area contributed by atoms with Gasteiger partial charge in [0.2, 0.25) is 5.95 Å². The highest BCUT2D eigenvalue weighted by Gasteiger charge is 2.26. The minimum absolute atomic E-state index is 0.126. The molecule has 3 heterocycles. The van der Waals surface area contributed by atoms with Crippen LogP contribution in [0.5, 0.6) is 0 Å². The van der Waals surface area contributed by atoms with E-state index in [4.69, 9.17) is 0 Å². The van der Waals surface area contributed by atoms with Crippen molar-refractivity contribution in [1.29, 1.82) is 0 Å². The van der Waals surface area contributed by atoms with E-state index in [-0.39, 0.29) is 23.7 Å². The van der Waals surface area contributed by atoms with Gasteiger partial charge in [-0.05, 0) is 49.9 Å². The molecule has 0 radical (unpaired) electrons. The molecule has 0 aliphatic heterocycles. The highest BCUT2D eigenvalue weighted by Crippen LogP contribution is 2.34. The standard InChI is InChI=1S/C24H25FN6O2/c1-30-14-16(13-26-30)21-11-15(10-17(12-25)27-21)23(33)29-24-28-20-4-2-3-5-22(20)31(24)18-6-8-19(32)9-7-18/h2-5,10-11,13-14,18-19,32H,6-9,12H2,1H3,(H,28,29,33). The van der Waals surface area contributed by atoms with Gasteiger partial charge >= 0.3 is 0 Å². The Labute approximate surface area is 190 Å². The number of fused-ring (bicyclic) bond motifs is 1. The van der Waals surface area contributed by atoms with Gasteiger partial charge in [0.25, 0.3) is 5.91 Å². The number of nitrogens with zero attached hydrogens (tertiary/aromatic N) is 5. The number of anilines is 1. The Kier molecular flexibility index (Phi) is 5.63. The van der Waals surface area contributed by atoms with Crippen LogP contribution in [0.25, 0.3) is 22.3 Å². The van der Waals surface area contributed by atoms with Gasteiger partial charge in [-0.15, -0.1) is 0 Å². The summed E-state index contributed by atoms with van der Waals surface area (Å²) in [7, 11) is 1.78. The van der Waals surface area contributed by atoms with Gasteiger partial charge in [-0.2, -0.15) is 5.10 Å². The number of aliphatic hydroxyl groups excluding tert-OH is 1. The van der Waals surface area contributed by atoms with E-state index < -0.39 is 6.67 Å². The summed E-state index contributed by atoms with van der Waals surface area (Å²) in [6, 6.07) is 11.0. The molecule has 33 heavy (non-hydrogen) atoms. The minimum atomic E-state index is -0.780. The Bertz CT molecular complexity index is 1310. The van der Waals surface area contributed by atoms with Gasteiger partial charge in [-0.1, -0.05) is 12.1 Å². The van der Waals surface area contributed by atoms with Crippen molar-refractivity contribution >= 4 is 22.9 Å². The highest BCUT2D eigenvalue weighted by atomic mass is 19.1. The Morgan fingerprint density at radius 2 is 1.97 bits per heavy atom. The molecule has 0 unspecified atom stereocenters. The number of aromatic nitrogens is 5. The normalized spacial score (nSPS) is 18.5. The number of halogens is 1. The molecular weight excluding hydrogens is 423 g/mol. The van der Waals surface area contributed by atoms with Crippen molar-refractivity contribution < 1.29 is 14.3 Å². The van der Waals surface area contributed by atoms with Crippen LogP contribution in [0.15, 0.2) is 48.8 Å². The summed E-state index contributed by atoms with van der Waals surface area (Å²) >= 11 is 0. The van der Waals surface area contributed by atoms with Gasteiger partial charge in [0.15, 0.2) is 0 Å². The number of carbonyl (C=O) groups is 1. The number of hydrogen-bond acceptors (Lipinski definition) is 5. The summed E-state index contributed by atoms with van der Waals surface area (Å²) in [5, 5.41) is 17.0. The molecule has 0 bridgehead atoms. The first kappa shape index (κ1) is 21.3. The van der Waals surface area contributed by atoms with Crippen LogP contribution in [0.1, 0.15) is 47.8 Å². The predicted molar refractivity (Wildman–Crippen MR) is 122 cm³/mol. The first-order valence-electron chi connectivity index (χ1n) is 11.0. The van der Waals surface area contributed by atoms with E-state index in [2.05, 4.69) is 25.0 Å². The molecule has 1 aliphatic carbocycles. The summed E-state index contributed by atoms with van der Waals surface area (Å²) in [6.07, 6.45) is 6.14. The molecule has 1 aromatic carbocycles. The summed E-state index contributed by atoms with van der Waals surface area (Å²) in [4.78, 5) is 22.2. The van der Waals surface area contributed by atoms with Crippen LogP contribution in [0.2, 0.25) is 0 Å². The molecule has 2 N–H and O–H groups in total. The zero-order valence-corrected chi connectivity index (χ0v) is 18.3. The van der Waals surface area contributed by atoms with Crippen molar-refractivity contribution in [2.45, 2.75) is 44.5 Å². The molecule has 1 saturated carbocycles. The number of hydrogen-bond donors (Lipinski definition) is 2. The first-order valence-corrected chi connectivity index (χ1v) is 11.0. The van der Waals surface area contributed by atoms with Crippen molar-refractivity contribution in [2.24, 2.45) is 7.05 Å². The quantitative estimate of drug-likeness (QED) is 0.480. The van der Waals surface area contributed by atoms with Crippen molar-refractivity contribution in [3.63, 3.8) is 0 Å². The van der Waals surface area contributed by atoms with E-state index in [1.54, 1.807) is 30.2 Å². The van der Waals surface area contributed by atoms with Gasteiger partial charge in [0.05, 0.1) is 34.7 Å². The van der Waals surface area contributed by atoms with Crippen molar-refractivity contribution in [2.75, 3.05) is 5.32 Å². The molecule has 0 spiro atoms. The van der Waals surface area contributed by atoms with Gasteiger partial charge in [0.1, 0.15) is 6.67 Å². The second-order valence-electron chi connectivity index (χ2n) is 8.48. The van der Waals surface area contributed by atoms with Gasteiger partial charge in [-0.3, -0.25) is 14.8 Å². The molecule has 1 amide bonds. The Morgan fingerprint density at radius 1 is 1.18 bits per heavy atom. The van der Waals surface area contributed by atoms with Crippen LogP contribution in [0.4, 0.5) is 10.3 Å². The second-order valence-corrected chi connectivity index (χ2v) is 8.48. The smallest absolute Gasteiger partial charge is 0.258 e. The predicted octanol–water partition coefficient (Wildman–Crippen LogP) is 4.03. The van der Waals surface area contributed by atoms with E-state index in [9.17, 15) is 14.3 Å². The number of aryl methyl sites for hydroxylation is 1. The van der Waals surface area contributed by atoms with Crippen LogP contribution < -0.4 is 5.32 Å². The Hall–Kier alpha value is -3.59. The van der Waals surface area contributed by atoms with Crippen LogP contribution in [-0.4, -0.2) is 41.4 Å². The molecule has 1 aliphatic rings. The summed E-state index contributed by atoms with van der Waals surface area (Å²) in [5.41, 5.74) is 3.39. The number of carbonyl (C=O) groups excluding carboxylic acids is 1. The Balaban J connectivity index is 1.50. The number of imidazole rings is 1. The average molecular weight is 449 g/mol. The maximum Gasteiger partial charge on any atom is 0.258 e. The third-order valence-corrected chi connectivity index (χ3v) is 6.13. The lowest BCUT2D eigenvalue weighted by Crippen LogP contribution is -2.24. The monoisotopic (exact) mass is 448 g/mol. The zero-order valence-electron chi connectivity index (χ0n) is 18.3. The molecule has 5 rings (SSSR count). The number of para-hydroxylation sites is 2. The maximum atomic E-state index is 13.5. The lowest BCUT2D eigenvalue weighted by atomic mass is 9.93. The molecule has 4 aromatic rings. The van der Waals surface area contributed by atoms with E-state index in [0.29, 0.717) is 35.6 Å². The summed E-state index contributed by atoms with van der Waals surface area (Å²) < 4.78 is 17.2. The van der Waals surface area contributed by atoms with E-state index in [1.807, 2.05) is 24.3 Å². The highest BCUT2D eigenvalue weighted by molar-refractivity contribution is 6.04. The fourth-order valence-electron chi connectivity index (χ4n) is 4.48. The van der Waals surface area contributed by atoms with E-state index >= 15 is 0 Å². The number of rotatable bonds is 5. The largest absolute Gasteiger partial charge is 0.393 e. The minimum Gasteiger partial charge on any atom is -0.393 e. The van der Waals surface area contributed by atoms with Crippen molar-refractivity contribution in [3.8, 4) is 11.3 Å². The lowest BCUT2D eigenvalue weighted by Gasteiger charge is -2.28. The third kappa shape index (κ3) is 4.23. The fraction of sp³-hybridized carbons (Fsp3) is 0.333. The van der Waals surface area contributed by atoms with Crippen molar-refractivity contribution in [1.82, 2.24) is 24.3 Å². The average Bonchev–Trinajstić information content (AvgIpc) is 3.42. The molecule has 8 nitrogen and oxygen atoms in total. The van der Waals surface area contributed by atoms with Crippen LogP contribution in [-0.2, 0) is 13.7 Å². The molecule has 170 valence electrons. The molecule has 0 saturated heterocycles. The number of nitrogens with one attached hydrogen (secondary N) is 1. The topological polar surface area (TPSA) is 97.9 Å². The maximum absolute atomic E-state index is 13.5. The third-order valence-electron chi connectivity index (χ3n) is 6.13. The lowest BCUT2D eigenvalue weighted by molar-refractivity contribution is 0.102. The SMILES string of the molecule is Cn1cc(-c2cc(C(=O)Nc3nc4ccccc4n3C3CCC(O)CC3)cc(CF)n2)cn1. The number of pyridine rings is 1. The van der Waals surface area contributed by atoms with Crippen molar-refractivity contribution in [3.05, 3.63) is 60.0 Å². The first-order chi connectivity index (χ1) is 16.0. The zero-order chi connectivity index (χ0) is 22.9. The van der Waals surface area contributed by atoms with Gasteiger partial charge < -0.3 is 9.67 Å². The number of benzene rings is 1. The molecular formula is C24H25FN6O2. The van der Waals surface area contributed by atoms with E-state index in [1.165, 1.54) is 6.07 Å². The Morgan fingerprint density at radius 3 is 2.70 bits per heavy atom. The second kappa shape index (κ2) is 8.74. The van der Waals surface area contributed by atoms with E-state index in [0.717, 1.165) is 23.9 Å². The molecule has 0 atom stereocenters. The molecule has 1 fully saturated rings. The van der Waals surface area contributed by atoms with Gasteiger partial charge in [0, 0.05) is 30.4 Å². The summed E-state index contributed by atoms with van der Waals surface area (Å²) in [6.45, 7) is -0.780. The molecule has 3 aromatic heterocycles. The fourth-order valence-corrected chi connectivity index (χ4v) is 4.48. The molecule has 9 heteroatoms. The van der Waals surface area contributed by atoms with Crippen LogP contribution in [0, 0.1) is 0 Å². The van der Waals surface area contributed by atoms with Crippen LogP contribution in [0.3, 0.4) is 0 Å². The van der Waals surface area contributed by atoms with Crippen LogP contribution >= 0.6 is 0 Å². The summed E-state index contributed by atoms with van der Waals surface area (Å²) in [5.74, 6) is 0.0637. The van der Waals surface area contributed by atoms with Gasteiger partial charge in [-0.25, -0.2) is 14.4 Å². The number of amides is 1. The number of alkyl halides is 1. The number of aliphatic hydroxyl groups is 1.